The molecule has 0 aliphatic carbocycles. The van der Waals surface area contributed by atoms with Crippen molar-refractivity contribution in [3.8, 4) is 0 Å². The smallest absolute Gasteiger partial charge is 0.187 e. The molecular formula is C26H52O20. The Morgan fingerprint density at radius 1 is 0.522 bits per heavy atom. The molecule has 2 heterocycles. The highest BCUT2D eigenvalue weighted by Crippen LogP contribution is 2.27. The fourth-order valence-electron chi connectivity index (χ4n) is 4.68. The quantitative estimate of drug-likeness (QED) is 0.0717. The summed E-state index contributed by atoms with van der Waals surface area (Å²) in [4.78, 5) is 0. The lowest BCUT2D eigenvalue weighted by atomic mass is 9.93. The van der Waals surface area contributed by atoms with Crippen molar-refractivity contribution in [2.45, 2.75) is 124 Å². The number of ether oxygens (including phenoxy) is 4. The molecule has 2 aliphatic heterocycles. The fourth-order valence-corrected chi connectivity index (χ4v) is 4.68. The maximum absolute atomic E-state index is 9.94. The molecule has 0 aromatic heterocycles. The molecule has 0 aromatic carbocycles. The Morgan fingerprint density at radius 3 is 1.26 bits per heavy atom. The van der Waals surface area contributed by atoms with E-state index in [9.17, 15) is 56.2 Å². The minimum absolute atomic E-state index is 0.122. The summed E-state index contributed by atoms with van der Waals surface area (Å²) in [5, 5.41) is 153. The van der Waals surface area contributed by atoms with E-state index in [4.69, 9.17) is 44.5 Å². The van der Waals surface area contributed by atoms with Crippen molar-refractivity contribution in [2.75, 3.05) is 33.0 Å². The Kier molecular flexibility index (Phi) is 19.4. The van der Waals surface area contributed by atoms with Crippen LogP contribution in [-0.2, 0) is 18.9 Å². The summed E-state index contributed by atoms with van der Waals surface area (Å²) in [6.07, 6.45) is -25.2. The summed E-state index contributed by atoms with van der Waals surface area (Å²) >= 11 is 0. The molecule has 2 rings (SSSR count). The first kappa shape index (κ1) is 43.2. The third-order valence-corrected chi connectivity index (χ3v) is 7.87. The van der Waals surface area contributed by atoms with Crippen molar-refractivity contribution >= 4 is 0 Å². The molecule has 2 aliphatic rings. The van der Waals surface area contributed by atoms with Crippen LogP contribution in [0.3, 0.4) is 0 Å². The molecule has 4 unspecified atom stereocenters. The number of hydrogen-bond donors (Lipinski definition) is 16. The van der Waals surface area contributed by atoms with Crippen molar-refractivity contribution in [3.63, 3.8) is 0 Å². The maximum Gasteiger partial charge on any atom is 0.187 e. The predicted molar refractivity (Wildman–Crippen MR) is 148 cm³/mol. The molecule has 0 radical (unpaired) electrons. The zero-order chi connectivity index (χ0) is 35.5. The number of aliphatic hydroxyl groups excluding tert-OH is 16. The zero-order valence-electron chi connectivity index (χ0n) is 25.4. The average Bonchev–Trinajstić information content (AvgIpc) is 3.07. The lowest BCUT2D eigenvalue weighted by Crippen LogP contribution is -2.61. The van der Waals surface area contributed by atoms with Gasteiger partial charge in [-0.3, -0.25) is 0 Å². The van der Waals surface area contributed by atoms with Gasteiger partial charge in [0, 0.05) is 5.92 Å². The van der Waals surface area contributed by atoms with Crippen molar-refractivity contribution in [2.24, 2.45) is 5.92 Å². The van der Waals surface area contributed by atoms with Gasteiger partial charge in [-0.05, 0) is 6.42 Å². The molecule has 20 heteroatoms. The first-order chi connectivity index (χ1) is 21.6. The van der Waals surface area contributed by atoms with E-state index in [0.29, 0.717) is 0 Å². The Balaban J connectivity index is 0.000000460. The summed E-state index contributed by atoms with van der Waals surface area (Å²) < 4.78 is 20.9. The molecule has 0 amide bonds. The van der Waals surface area contributed by atoms with E-state index in [1.54, 1.807) is 6.92 Å². The largest absolute Gasteiger partial charge is 0.394 e. The second kappa shape index (κ2) is 20.7. The molecule has 0 saturated carbocycles. The van der Waals surface area contributed by atoms with Gasteiger partial charge in [0.25, 0.3) is 0 Å². The Hall–Kier alpha value is -0.800. The zero-order valence-corrected chi connectivity index (χ0v) is 25.4. The van der Waals surface area contributed by atoms with Gasteiger partial charge in [0.05, 0.1) is 51.3 Å². The van der Waals surface area contributed by atoms with E-state index in [1.807, 2.05) is 0 Å². The van der Waals surface area contributed by atoms with Gasteiger partial charge < -0.3 is 101 Å². The van der Waals surface area contributed by atoms with Crippen LogP contribution < -0.4 is 0 Å². The number of rotatable bonds is 16. The van der Waals surface area contributed by atoms with Gasteiger partial charge in [-0.15, -0.1) is 0 Å². The summed E-state index contributed by atoms with van der Waals surface area (Å²) in [6.45, 7) is -0.411. The normalized spacial score (nSPS) is 37.2. The first-order valence-corrected chi connectivity index (χ1v) is 14.7. The summed E-state index contributed by atoms with van der Waals surface area (Å²) in [6, 6.07) is 0. The van der Waals surface area contributed by atoms with Gasteiger partial charge in [0.15, 0.2) is 12.6 Å². The molecule has 0 bridgehead atoms. The maximum atomic E-state index is 9.94. The SMILES string of the molecule is CC[C@@H](O)[C@@H](O[C@H]1OC(CO)[C@@H](O)[C@@H](O)C1O)[C@H](O)[C@@H](O)CO.C[C@@H]([C@H](O[C@@H]1OC(CO)[C@H](O)[C@H](O)C1O)[C@H](O)CO)[C@@H](O)CO. The van der Waals surface area contributed by atoms with E-state index >= 15 is 0 Å². The van der Waals surface area contributed by atoms with Crippen LogP contribution in [0, 0.1) is 5.92 Å². The minimum atomic E-state index is -1.71. The van der Waals surface area contributed by atoms with E-state index in [2.05, 4.69) is 0 Å². The highest BCUT2D eigenvalue weighted by Gasteiger charge is 2.48. The fraction of sp³-hybridized carbons (Fsp3) is 1.00. The van der Waals surface area contributed by atoms with Gasteiger partial charge in [-0.1, -0.05) is 13.8 Å². The Labute approximate surface area is 264 Å². The van der Waals surface area contributed by atoms with Crippen LogP contribution in [0.5, 0.6) is 0 Å². The third-order valence-electron chi connectivity index (χ3n) is 7.87. The average molecular weight is 685 g/mol. The first-order valence-electron chi connectivity index (χ1n) is 14.7. The van der Waals surface area contributed by atoms with Gasteiger partial charge >= 0.3 is 0 Å². The Morgan fingerprint density at radius 2 is 0.913 bits per heavy atom. The van der Waals surface area contributed by atoms with Gasteiger partial charge in [-0.25, -0.2) is 0 Å². The van der Waals surface area contributed by atoms with E-state index in [1.165, 1.54) is 6.92 Å². The summed E-state index contributed by atoms with van der Waals surface area (Å²) in [7, 11) is 0. The number of aliphatic hydroxyl groups is 16. The van der Waals surface area contributed by atoms with Crippen molar-refractivity contribution in [1.29, 1.82) is 0 Å². The minimum Gasteiger partial charge on any atom is -0.394 e. The Bertz CT molecular complexity index is 745. The summed E-state index contributed by atoms with van der Waals surface area (Å²) in [5.41, 5.74) is 0. The molecule has 16 N–H and O–H groups in total. The van der Waals surface area contributed by atoms with Gasteiger partial charge in [0.1, 0.15) is 73.2 Å². The van der Waals surface area contributed by atoms with Gasteiger partial charge in [0.2, 0.25) is 0 Å². The summed E-state index contributed by atoms with van der Waals surface area (Å²) in [5.74, 6) is -0.852. The van der Waals surface area contributed by atoms with Crippen molar-refractivity contribution in [1.82, 2.24) is 0 Å². The standard InChI is InChI=1S/2C13H26O10/c1-5(6(17)2-14)12(7(18)3-15)23-13-11(21)10(20)9(19)8(4-16)22-13;1-2-5(16)12(8(18)6(17)3-14)23-13-11(21)10(20)9(19)7(4-15)22-13/h2*5-21H,2-4H2,1H3/t5-,6+,7-,8?,9+,10+,11?,12+,13+;5-,6+,7?,8-,9-,10-,11?,12-,13-/m11/s1. The van der Waals surface area contributed by atoms with Crippen LogP contribution in [0.25, 0.3) is 0 Å². The lowest BCUT2D eigenvalue weighted by Gasteiger charge is -2.42. The molecule has 2 fully saturated rings. The van der Waals surface area contributed by atoms with Crippen molar-refractivity contribution in [3.05, 3.63) is 0 Å². The van der Waals surface area contributed by atoms with Crippen LogP contribution in [-0.4, -0.2) is 219 Å². The molecule has 18 atom stereocenters. The monoisotopic (exact) mass is 684 g/mol. The van der Waals surface area contributed by atoms with Crippen molar-refractivity contribution < 1.29 is 101 Å². The molecule has 276 valence electrons. The molecule has 0 spiro atoms. The van der Waals surface area contributed by atoms with Gasteiger partial charge in [-0.2, -0.15) is 0 Å². The molecular weight excluding hydrogens is 632 g/mol. The van der Waals surface area contributed by atoms with Crippen LogP contribution >= 0.6 is 0 Å². The second-order valence-electron chi connectivity index (χ2n) is 11.2. The topological polar surface area (TPSA) is 361 Å². The predicted octanol–water partition coefficient (Wildman–Crippen LogP) is -8.83. The highest BCUT2D eigenvalue weighted by atomic mass is 16.7. The number of hydrogen-bond acceptors (Lipinski definition) is 20. The van der Waals surface area contributed by atoms with E-state index in [-0.39, 0.29) is 6.42 Å². The second-order valence-corrected chi connectivity index (χ2v) is 11.2. The molecule has 46 heavy (non-hydrogen) atoms. The third kappa shape index (κ3) is 11.1. The molecule has 20 nitrogen and oxygen atoms in total. The van der Waals surface area contributed by atoms with E-state index < -0.39 is 143 Å². The van der Waals surface area contributed by atoms with Crippen LogP contribution in [0.1, 0.15) is 20.3 Å². The van der Waals surface area contributed by atoms with Crippen LogP contribution in [0.2, 0.25) is 0 Å². The lowest BCUT2D eigenvalue weighted by molar-refractivity contribution is -0.326. The molecule has 2 saturated heterocycles. The molecule has 0 aromatic rings. The highest BCUT2D eigenvalue weighted by molar-refractivity contribution is 4.92. The van der Waals surface area contributed by atoms with Crippen LogP contribution in [0.4, 0.5) is 0 Å². The van der Waals surface area contributed by atoms with Crippen LogP contribution in [0.15, 0.2) is 0 Å². The van der Waals surface area contributed by atoms with E-state index in [0.717, 1.165) is 0 Å².